The topological polar surface area (TPSA) is 45.7 Å². The lowest BCUT2D eigenvalue weighted by Gasteiger charge is -2.36. The number of anilines is 1. The lowest BCUT2D eigenvalue weighted by Crippen LogP contribution is -2.50. The number of carbonyl (C=O) groups excluding carboxylic acids is 1. The summed E-state index contributed by atoms with van der Waals surface area (Å²) in [4.78, 5) is 20.7. The van der Waals surface area contributed by atoms with E-state index in [0.717, 1.165) is 18.9 Å². The van der Waals surface area contributed by atoms with E-state index in [1.807, 2.05) is 27.0 Å². The summed E-state index contributed by atoms with van der Waals surface area (Å²) < 4.78 is 5.42. The lowest BCUT2D eigenvalue weighted by atomic mass is 9.88. The van der Waals surface area contributed by atoms with Gasteiger partial charge in [0.1, 0.15) is 11.4 Å². The quantitative estimate of drug-likeness (QED) is 0.795. The summed E-state index contributed by atoms with van der Waals surface area (Å²) >= 11 is 0. The van der Waals surface area contributed by atoms with Crippen LogP contribution in [0.4, 0.5) is 10.6 Å². The number of hydrogen-bond acceptors (Lipinski definition) is 4. The van der Waals surface area contributed by atoms with E-state index in [4.69, 9.17) is 4.74 Å². The Morgan fingerprint density at radius 3 is 2.09 bits per heavy atom. The van der Waals surface area contributed by atoms with Gasteiger partial charge in [0, 0.05) is 32.4 Å². The number of nitrogens with zero attached hydrogens (tertiary/aromatic N) is 3. The Hall–Kier alpha value is -1.78. The average Bonchev–Trinajstić information content (AvgIpc) is 2.45. The van der Waals surface area contributed by atoms with Gasteiger partial charge in [-0.3, -0.25) is 0 Å². The Morgan fingerprint density at radius 2 is 1.65 bits per heavy atom. The summed E-state index contributed by atoms with van der Waals surface area (Å²) in [6.07, 6.45) is 1.73. The largest absolute Gasteiger partial charge is 0.444 e. The standard InChI is InChI=1S/C18H29N3O2/c1-17(2,3)14-7-8-15(19-13-14)20-9-11-21(12-10-20)16(22)23-18(4,5)6/h7-8,13H,9-12H2,1-6H3. The first-order valence-electron chi connectivity index (χ1n) is 8.26. The highest BCUT2D eigenvalue weighted by Gasteiger charge is 2.26. The molecule has 1 aromatic rings. The normalized spacial score (nSPS) is 16.4. The third kappa shape index (κ3) is 4.85. The molecule has 2 rings (SSSR count). The minimum absolute atomic E-state index is 0.112. The van der Waals surface area contributed by atoms with Gasteiger partial charge in [-0.2, -0.15) is 0 Å². The molecule has 0 saturated carbocycles. The molecule has 5 heteroatoms. The van der Waals surface area contributed by atoms with Gasteiger partial charge in [0.25, 0.3) is 0 Å². The molecule has 0 N–H and O–H groups in total. The predicted octanol–water partition coefficient (Wildman–Crippen LogP) is 3.44. The molecular formula is C18H29N3O2. The van der Waals surface area contributed by atoms with Gasteiger partial charge in [0.15, 0.2) is 0 Å². The van der Waals surface area contributed by atoms with Gasteiger partial charge in [0.2, 0.25) is 0 Å². The molecule has 0 radical (unpaired) electrons. The molecule has 0 aromatic carbocycles. The van der Waals surface area contributed by atoms with Crippen LogP contribution in [0.1, 0.15) is 47.1 Å². The molecule has 1 saturated heterocycles. The number of amides is 1. The van der Waals surface area contributed by atoms with E-state index in [-0.39, 0.29) is 11.5 Å². The second-order valence-corrected chi connectivity index (χ2v) is 8.11. The van der Waals surface area contributed by atoms with Crippen LogP contribution in [0.15, 0.2) is 18.3 Å². The molecule has 0 bridgehead atoms. The molecule has 0 unspecified atom stereocenters. The first-order valence-corrected chi connectivity index (χ1v) is 8.26. The second-order valence-electron chi connectivity index (χ2n) is 8.11. The molecule has 1 aliphatic rings. The highest BCUT2D eigenvalue weighted by molar-refractivity contribution is 5.68. The van der Waals surface area contributed by atoms with Gasteiger partial charge in [-0.05, 0) is 37.8 Å². The van der Waals surface area contributed by atoms with Crippen molar-refractivity contribution in [3.63, 3.8) is 0 Å². The summed E-state index contributed by atoms with van der Waals surface area (Å²) in [5, 5.41) is 0. The number of ether oxygens (including phenoxy) is 1. The van der Waals surface area contributed by atoms with Crippen LogP contribution in [0.2, 0.25) is 0 Å². The average molecular weight is 319 g/mol. The smallest absolute Gasteiger partial charge is 0.410 e. The van der Waals surface area contributed by atoms with Crippen molar-refractivity contribution in [3.05, 3.63) is 23.9 Å². The van der Waals surface area contributed by atoms with Crippen LogP contribution in [0.3, 0.4) is 0 Å². The fourth-order valence-corrected chi connectivity index (χ4v) is 2.46. The molecule has 1 fully saturated rings. The fraction of sp³-hybridized carbons (Fsp3) is 0.667. The zero-order chi connectivity index (χ0) is 17.3. The van der Waals surface area contributed by atoms with Crippen LogP contribution >= 0.6 is 0 Å². The van der Waals surface area contributed by atoms with Crippen molar-refractivity contribution < 1.29 is 9.53 Å². The monoisotopic (exact) mass is 319 g/mol. The van der Waals surface area contributed by atoms with Gasteiger partial charge < -0.3 is 14.5 Å². The Morgan fingerprint density at radius 1 is 1.04 bits per heavy atom. The van der Waals surface area contributed by atoms with Crippen molar-refractivity contribution in [2.75, 3.05) is 31.1 Å². The zero-order valence-electron chi connectivity index (χ0n) is 15.2. The van der Waals surface area contributed by atoms with Crippen molar-refractivity contribution in [1.82, 2.24) is 9.88 Å². The van der Waals surface area contributed by atoms with Gasteiger partial charge in [-0.25, -0.2) is 9.78 Å². The summed E-state index contributed by atoms with van der Waals surface area (Å²) in [6.45, 7) is 15.1. The summed E-state index contributed by atoms with van der Waals surface area (Å²) in [5.41, 5.74) is 0.896. The number of hydrogen-bond donors (Lipinski definition) is 0. The molecule has 1 aliphatic heterocycles. The first-order chi connectivity index (χ1) is 10.6. The molecule has 2 heterocycles. The van der Waals surface area contributed by atoms with Crippen molar-refractivity contribution in [3.8, 4) is 0 Å². The maximum Gasteiger partial charge on any atom is 0.410 e. The van der Waals surface area contributed by atoms with E-state index in [1.54, 1.807) is 4.90 Å². The Kier molecular flexibility index (Phi) is 4.87. The van der Waals surface area contributed by atoms with Crippen LogP contribution < -0.4 is 4.90 Å². The molecule has 0 atom stereocenters. The van der Waals surface area contributed by atoms with Gasteiger partial charge in [0.05, 0.1) is 0 Å². The van der Waals surface area contributed by atoms with Crippen LogP contribution in [0.5, 0.6) is 0 Å². The van der Waals surface area contributed by atoms with E-state index >= 15 is 0 Å². The molecule has 0 spiro atoms. The highest BCUT2D eigenvalue weighted by atomic mass is 16.6. The van der Waals surface area contributed by atoms with Crippen molar-refractivity contribution in [2.45, 2.75) is 52.6 Å². The molecule has 23 heavy (non-hydrogen) atoms. The van der Waals surface area contributed by atoms with E-state index in [2.05, 4.69) is 42.8 Å². The summed E-state index contributed by atoms with van der Waals surface area (Å²) in [7, 11) is 0. The molecule has 1 aromatic heterocycles. The minimum Gasteiger partial charge on any atom is -0.444 e. The second kappa shape index (κ2) is 6.38. The van der Waals surface area contributed by atoms with Gasteiger partial charge in [-0.15, -0.1) is 0 Å². The van der Waals surface area contributed by atoms with E-state index in [0.29, 0.717) is 13.1 Å². The van der Waals surface area contributed by atoms with Crippen LogP contribution in [0, 0.1) is 0 Å². The Bertz CT molecular complexity index is 533. The van der Waals surface area contributed by atoms with Crippen LogP contribution in [-0.2, 0) is 10.2 Å². The minimum atomic E-state index is -0.446. The van der Waals surface area contributed by atoms with Crippen molar-refractivity contribution in [2.24, 2.45) is 0 Å². The maximum atomic E-state index is 12.1. The summed E-state index contributed by atoms with van der Waals surface area (Å²) in [5.74, 6) is 0.974. The number of aromatic nitrogens is 1. The Balaban J connectivity index is 1.93. The predicted molar refractivity (Wildman–Crippen MR) is 93.0 cm³/mol. The van der Waals surface area contributed by atoms with Gasteiger partial charge >= 0.3 is 6.09 Å². The number of rotatable bonds is 1. The molecular weight excluding hydrogens is 290 g/mol. The number of pyridine rings is 1. The third-order valence-corrected chi connectivity index (χ3v) is 3.87. The van der Waals surface area contributed by atoms with Gasteiger partial charge in [-0.1, -0.05) is 26.8 Å². The third-order valence-electron chi connectivity index (χ3n) is 3.87. The fourth-order valence-electron chi connectivity index (χ4n) is 2.46. The van der Waals surface area contributed by atoms with E-state index in [9.17, 15) is 4.79 Å². The highest BCUT2D eigenvalue weighted by Crippen LogP contribution is 2.23. The summed E-state index contributed by atoms with van der Waals surface area (Å²) in [6, 6.07) is 4.21. The molecule has 5 nitrogen and oxygen atoms in total. The lowest BCUT2D eigenvalue weighted by molar-refractivity contribution is 0.0240. The molecule has 128 valence electrons. The van der Waals surface area contributed by atoms with E-state index in [1.165, 1.54) is 5.56 Å². The van der Waals surface area contributed by atoms with Crippen LogP contribution in [0.25, 0.3) is 0 Å². The molecule has 1 amide bonds. The SMILES string of the molecule is CC(C)(C)OC(=O)N1CCN(c2ccc(C(C)(C)C)cn2)CC1. The Labute approximate surface area is 139 Å². The maximum absolute atomic E-state index is 12.1. The number of piperazine rings is 1. The van der Waals surface area contributed by atoms with Crippen molar-refractivity contribution in [1.29, 1.82) is 0 Å². The zero-order valence-corrected chi connectivity index (χ0v) is 15.2. The number of carbonyl (C=O) groups is 1. The van der Waals surface area contributed by atoms with Crippen LogP contribution in [-0.4, -0.2) is 47.8 Å². The van der Waals surface area contributed by atoms with E-state index < -0.39 is 5.60 Å². The first kappa shape index (κ1) is 17.6. The molecule has 0 aliphatic carbocycles. The van der Waals surface area contributed by atoms with Crippen molar-refractivity contribution >= 4 is 11.9 Å².